The number of ether oxygens (including phenoxy) is 1. The molecule has 13 heteroatoms. The van der Waals surface area contributed by atoms with Crippen molar-refractivity contribution in [3.63, 3.8) is 0 Å². The highest BCUT2D eigenvalue weighted by atomic mass is 35.5. The number of aliphatic hydroxyl groups is 1. The molecular formula is C26H35ClF3N3O5S. The summed E-state index contributed by atoms with van der Waals surface area (Å²) in [5.41, 5.74) is -2.45. The first-order chi connectivity index (χ1) is 17.9. The van der Waals surface area contributed by atoms with Crippen LogP contribution in [-0.2, 0) is 22.7 Å². The van der Waals surface area contributed by atoms with Gasteiger partial charge >= 0.3 is 6.18 Å². The molecule has 0 spiro atoms. The highest BCUT2D eigenvalue weighted by molar-refractivity contribution is 7.91. The zero-order valence-electron chi connectivity index (χ0n) is 22.7. The van der Waals surface area contributed by atoms with Crippen molar-refractivity contribution in [2.45, 2.75) is 76.3 Å². The number of hydrogen-bond donors (Lipinski definition) is 2. The molecule has 1 aromatic carbocycles. The van der Waals surface area contributed by atoms with Crippen LogP contribution < -0.4 is 10.1 Å². The molecule has 1 aliphatic carbocycles. The molecule has 39 heavy (non-hydrogen) atoms. The van der Waals surface area contributed by atoms with E-state index in [1.54, 1.807) is 18.2 Å². The van der Waals surface area contributed by atoms with Gasteiger partial charge in [-0.1, -0.05) is 38.4 Å². The lowest BCUT2D eigenvalue weighted by Crippen LogP contribution is -2.47. The van der Waals surface area contributed by atoms with Crippen LogP contribution in [0.5, 0.6) is 5.75 Å². The van der Waals surface area contributed by atoms with Crippen molar-refractivity contribution in [1.29, 1.82) is 0 Å². The van der Waals surface area contributed by atoms with Gasteiger partial charge in [0.15, 0.2) is 5.69 Å². The zero-order valence-corrected chi connectivity index (χ0v) is 24.2. The third-order valence-corrected chi connectivity index (χ3v) is 9.43. The highest BCUT2D eigenvalue weighted by Crippen LogP contribution is 2.42. The Hall–Kier alpha value is -2.31. The first-order valence-corrected chi connectivity index (χ1v) is 15.0. The number of amides is 1. The minimum Gasteiger partial charge on any atom is -0.496 e. The van der Waals surface area contributed by atoms with Crippen molar-refractivity contribution < 1.29 is 36.2 Å². The number of rotatable bonds is 9. The number of imidazole rings is 1. The normalized spacial score (nSPS) is 20.6. The van der Waals surface area contributed by atoms with Crippen molar-refractivity contribution in [3.8, 4) is 11.4 Å². The summed E-state index contributed by atoms with van der Waals surface area (Å²) >= 11 is 6.59. The predicted octanol–water partition coefficient (Wildman–Crippen LogP) is 4.68. The number of aryl methyl sites for hydroxylation is 1. The number of alkyl halides is 3. The van der Waals surface area contributed by atoms with Gasteiger partial charge in [-0.25, -0.2) is 13.4 Å². The summed E-state index contributed by atoms with van der Waals surface area (Å²) in [6.45, 7) is 3.98. The van der Waals surface area contributed by atoms with Crippen molar-refractivity contribution >= 4 is 27.3 Å². The molecule has 0 aliphatic heterocycles. The van der Waals surface area contributed by atoms with Crippen molar-refractivity contribution in [2.75, 3.05) is 19.9 Å². The molecule has 0 radical (unpaired) electrons. The van der Waals surface area contributed by atoms with Gasteiger partial charge in [0.1, 0.15) is 26.6 Å². The number of nitrogens with zero attached hydrogens (tertiary/aromatic N) is 2. The Morgan fingerprint density at radius 3 is 2.41 bits per heavy atom. The molecule has 8 nitrogen and oxygen atoms in total. The second-order valence-electron chi connectivity index (χ2n) is 10.8. The second-order valence-corrected chi connectivity index (χ2v) is 13.5. The maximum absolute atomic E-state index is 13.5. The summed E-state index contributed by atoms with van der Waals surface area (Å²) in [6.07, 6.45) is -2.05. The van der Waals surface area contributed by atoms with Gasteiger partial charge in [0, 0.05) is 25.3 Å². The lowest BCUT2D eigenvalue weighted by Gasteiger charge is -2.35. The monoisotopic (exact) mass is 593 g/mol. The Morgan fingerprint density at radius 2 is 1.90 bits per heavy atom. The third-order valence-electron chi connectivity index (χ3n) is 7.40. The van der Waals surface area contributed by atoms with E-state index in [0.29, 0.717) is 36.3 Å². The Bertz CT molecular complexity index is 1320. The molecule has 0 bridgehead atoms. The number of halogens is 4. The first kappa shape index (κ1) is 31.2. The average molecular weight is 594 g/mol. The van der Waals surface area contributed by atoms with E-state index >= 15 is 0 Å². The van der Waals surface area contributed by atoms with Crippen LogP contribution in [0.2, 0.25) is 5.15 Å². The lowest BCUT2D eigenvalue weighted by molar-refractivity contribution is -0.211. The zero-order chi connectivity index (χ0) is 29.4. The van der Waals surface area contributed by atoms with Crippen LogP contribution in [0, 0.1) is 5.41 Å². The summed E-state index contributed by atoms with van der Waals surface area (Å²) in [4.78, 5) is 17.4. The van der Waals surface area contributed by atoms with Gasteiger partial charge in [-0.3, -0.25) is 9.36 Å². The Labute approximate surface area is 231 Å². The number of aromatic nitrogens is 2. The van der Waals surface area contributed by atoms with Crippen LogP contribution >= 0.6 is 11.6 Å². The quantitative estimate of drug-likeness (QED) is 0.437. The SMILES string of the molecule is CCc1nc(C(=O)NCC2(O)CCC(S(C)(=O)=O)CC2)c(Cl)n1-c1ccc(CC(C)(C)C(F)(F)F)c(OC)c1. The van der Waals surface area contributed by atoms with E-state index in [0.717, 1.165) is 13.8 Å². The third kappa shape index (κ3) is 6.89. The fourth-order valence-electron chi connectivity index (χ4n) is 4.75. The van der Waals surface area contributed by atoms with Crippen molar-refractivity contribution in [3.05, 3.63) is 40.4 Å². The largest absolute Gasteiger partial charge is 0.496 e. The molecule has 1 saturated carbocycles. The van der Waals surface area contributed by atoms with Gasteiger partial charge in [0.25, 0.3) is 5.91 Å². The molecule has 0 saturated heterocycles. The Kier molecular flexibility index (Phi) is 9.03. The number of nitrogens with one attached hydrogen (secondary N) is 1. The molecule has 1 heterocycles. The molecule has 1 aromatic heterocycles. The summed E-state index contributed by atoms with van der Waals surface area (Å²) in [6, 6.07) is 4.69. The van der Waals surface area contributed by atoms with Crippen LogP contribution in [0.4, 0.5) is 13.2 Å². The number of benzene rings is 1. The van der Waals surface area contributed by atoms with Crippen LogP contribution in [0.15, 0.2) is 18.2 Å². The first-order valence-electron chi connectivity index (χ1n) is 12.6. The number of hydrogen-bond acceptors (Lipinski definition) is 6. The minimum absolute atomic E-state index is 0.00236. The standard InChI is InChI=1S/C26H35ClF3N3O5S/c1-6-20-32-21(23(34)31-15-25(35)11-9-18(10-12-25)39(5,36)37)22(27)33(20)17-8-7-16(19(13-17)38-4)14-24(2,3)26(28,29)30/h7-8,13,18,35H,6,9-12,14-15H2,1-5H3,(H,31,34). The van der Waals surface area contributed by atoms with E-state index in [1.807, 2.05) is 6.92 Å². The fraction of sp³-hybridized carbons (Fsp3) is 0.615. The fourth-order valence-corrected chi connectivity index (χ4v) is 6.16. The van der Waals surface area contributed by atoms with E-state index < -0.39 is 38.2 Å². The molecule has 2 N–H and O–H groups in total. The molecule has 1 amide bonds. The van der Waals surface area contributed by atoms with Gasteiger partial charge in [-0.05, 0) is 43.7 Å². The van der Waals surface area contributed by atoms with E-state index in [9.17, 15) is 31.5 Å². The second kappa shape index (κ2) is 11.3. The van der Waals surface area contributed by atoms with E-state index in [2.05, 4.69) is 10.3 Å². The number of carbonyl (C=O) groups excluding carboxylic acids is 1. The number of sulfone groups is 1. The van der Waals surface area contributed by atoms with Crippen LogP contribution in [0.1, 0.15) is 68.3 Å². The molecule has 1 fully saturated rings. The molecule has 0 atom stereocenters. The minimum atomic E-state index is -4.40. The van der Waals surface area contributed by atoms with Gasteiger partial charge < -0.3 is 15.2 Å². The van der Waals surface area contributed by atoms with Crippen LogP contribution in [-0.4, -0.2) is 65.9 Å². The van der Waals surface area contributed by atoms with E-state index in [1.165, 1.54) is 17.9 Å². The van der Waals surface area contributed by atoms with Crippen molar-refractivity contribution in [1.82, 2.24) is 14.9 Å². The Balaban J connectivity index is 1.82. The van der Waals surface area contributed by atoms with Gasteiger partial charge in [0.2, 0.25) is 0 Å². The lowest BCUT2D eigenvalue weighted by atomic mass is 9.84. The van der Waals surface area contributed by atoms with Crippen LogP contribution in [0.3, 0.4) is 0 Å². The Morgan fingerprint density at radius 1 is 1.28 bits per heavy atom. The summed E-state index contributed by atoms with van der Waals surface area (Å²) in [5, 5.41) is 13.0. The summed E-state index contributed by atoms with van der Waals surface area (Å²) in [5.74, 6) is 0.0835. The molecule has 1 aliphatic rings. The highest BCUT2D eigenvalue weighted by Gasteiger charge is 2.47. The molecular weight excluding hydrogens is 559 g/mol. The predicted molar refractivity (Wildman–Crippen MR) is 142 cm³/mol. The maximum atomic E-state index is 13.5. The van der Waals surface area contributed by atoms with Crippen LogP contribution in [0.25, 0.3) is 5.69 Å². The molecule has 2 aromatic rings. The van der Waals surface area contributed by atoms with E-state index in [-0.39, 0.29) is 42.4 Å². The van der Waals surface area contributed by atoms with Gasteiger partial charge in [-0.2, -0.15) is 13.2 Å². The molecule has 218 valence electrons. The maximum Gasteiger partial charge on any atom is 0.394 e. The summed E-state index contributed by atoms with van der Waals surface area (Å²) in [7, 11) is -1.83. The van der Waals surface area contributed by atoms with Gasteiger partial charge in [-0.15, -0.1) is 0 Å². The van der Waals surface area contributed by atoms with E-state index in [4.69, 9.17) is 16.3 Å². The van der Waals surface area contributed by atoms with Crippen molar-refractivity contribution in [2.24, 2.45) is 5.41 Å². The molecule has 3 rings (SSSR count). The number of carbonyl (C=O) groups is 1. The average Bonchev–Trinajstić information content (AvgIpc) is 3.18. The molecule has 0 unspecified atom stereocenters. The number of methoxy groups -OCH3 is 1. The topological polar surface area (TPSA) is 111 Å². The summed E-state index contributed by atoms with van der Waals surface area (Å²) < 4.78 is 70.9. The van der Waals surface area contributed by atoms with Gasteiger partial charge in [0.05, 0.1) is 29.1 Å². The smallest absolute Gasteiger partial charge is 0.394 e.